The third kappa shape index (κ3) is 5.78. The summed E-state index contributed by atoms with van der Waals surface area (Å²) in [4.78, 5) is 4.97. The number of aromatic nitrogens is 2. The van der Waals surface area contributed by atoms with Gasteiger partial charge in [-0.15, -0.1) is 0 Å². The van der Waals surface area contributed by atoms with Gasteiger partial charge in [-0.25, -0.2) is 0 Å². The van der Waals surface area contributed by atoms with Crippen LogP contribution in [0.3, 0.4) is 0 Å². The fourth-order valence-corrected chi connectivity index (χ4v) is 4.43. The lowest BCUT2D eigenvalue weighted by Crippen LogP contribution is -2.45. The molecule has 0 atom stereocenters. The molecule has 0 spiro atoms. The lowest BCUT2D eigenvalue weighted by Gasteiger charge is -2.32. The molecule has 2 aromatic carbocycles. The summed E-state index contributed by atoms with van der Waals surface area (Å²) in [5.41, 5.74) is 8.50. The van der Waals surface area contributed by atoms with Crippen LogP contribution in [0, 0.1) is 0 Å². The predicted octanol–water partition coefficient (Wildman–Crippen LogP) is 5.11. The molecule has 0 bridgehead atoms. The second-order valence-electron chi connectivity index (χ2n) is 9.12. The highest BCUT2D eigenvalue weighted by Crippen LogP contribution is 2.21. The monoisotopic (exact) mass is 436 g/mol. The molecule has 0 radical (unpaired) electrons. The first-order chi connectivity index (χ1) is 16.2. The molecule has 168 valence electrons. The van der Waals surface area contributed by atoms with Crippen molar-refractivity contribution in [1.29, 1.82) is 0 Å². The van der Waals surface area contributed by atoms with Gasteiger partial charge in [-0.3, -0.25) is 5.10 Å². The van der Waals surface area contributed by atoms with Gasteiger partial charge >= 0.3 is 0 Å². The van der Waals surface area contributed by atoms with Gasteiger partial charge in [0.1, 0.15) is 0 Å². The summed E-state index contributed by atoms with van der Waals surface area (Å²) in [6, 6.07) is 17.6. The number of rotatable bonds is 7. The number of nitrogens with zero attached hydrogens (tertiary/aromatic N) is 3. The van der Waals surface area contributed by atoms with Gasteiger partial charge in [-0.05, 0) is 65.9 Å². The van der Waals surface area contributed by atoms with Gasteiger partial charge in [-0.2, -0.15) is 5.10 Å². The van der Waals surface area contributed by atoms with Crippen LogP contribution in [0.1, 0.15) is 39.2 Å². The van der Waals surface area contributed by atoms with Crippen LogP contribution >= 0.6 is 0 Å². The van der Waals surface area contributed by atoms with Crippen LogP contribution in [0.5, 0.6) is 0 Å². The Morgan fingerprint density at radius 3 is 2.52 bits per heavy atom. The molecule has 5 rings (SSSR count). The van der Waals surface area contributed by atoms with Gasteiger partial charge in [-0.1, -0.05) is 66.8 Å². The minimum atomic E-state index is 0.938. The molecule has 0 amide bonds. The number of aromatic amines is 1. The number of H-pyrrole nitrogens is 1. The predicted molar refractivity (Wildman–Crippen MR) is 140 cm³/mol. The van der Waals surface area contributed by atoms with Gasteiger partial charge in [0.05, 0.1) is 11.4 Å². The summed E-state index contributed by atoms with van der Waals surface area (Å²) in [6.45, 7) is 5.88. The number of nitrogens with one attached hydrogen (secondary N) is 1. The van der Waals surface area contributed by atoms with Crippen molar-refractivity contribution in [2.24, 2.45) is 0 Å². The molecule has 0 unspecified atom stereocenters. The Morgan fingerprint density at radius 2 is 1.67 bits per heavy atom. The minimum absolute atomic E-state index is 0.938. The van der Waals surface area contributed by atoms with E-state index >= 15 is 0 Å². The zero-order valence-electron chi connectivity index (χ0n) is 19.4. The van der Waals surface area contributed by atoms with E-state index in [9.17, 15) is 0 Å². The van der Waals surface area contributed by atoms with Crippen molar-refractivity contribution in [2.45, 2.75) is 12.8 Å². The molecule has 3 aromatic rings. The van der Waals surface area contributed by atoms with Gasteiger partial charge in [0.15, 0.2) is 0 Å². The Morgan fingerprint density at radius 1 is 0.879 bits per heavy atom. The lowest BCUT2D eigenvalue weighted by molar-refractivity contribution is 0.155. The van der Waals surface area contributed by atoms with Crippen LogP contribution in [0.2, 0.25) is 0 Å². The van der Waals surface area contributed by atoms with E-state index in [2.05, 4.69) is 112 Å². The first-order valence-electron chi connectivity index (χ1n) is 11.9. The number of likely N-dealkylation sites (N-methyl/N-ethyl adjacent to an activating group) is 1. The number of fused-ring (bicyclic) bond motifs is 1. The second-order valence-corrected chi connectivity index (χ2v) is 9.12. The Bertz CT molecular complexity index is 1160. The normalized spacial score (nSPS) is 16.9. The molecule has 1 aliphatic carbocycles. The fraction of sp³-hybridized carbons (Fsp3) is 0.276. The second kappa shape index (κ2) is 10.2. The number of allylic oxidation sites excluding steroid dienone is 1. The highest BCUT2D eigenvalue weighted by Gasteiger charge is 2.13. The van der Waals surface area contributed by atoms with E-state index in [1.807, 2.05) is 0 Å². The molecular weight excluding hydrogens is 404 g/mol. The molecule has 1 aliphatic heterocycles. The molecular formula is C29H32N4. The third-order valence-electron chi connectivity index (χ3n) is 6.61. The molecule has 33 heavy (non-hydrogen) atoms. The van der Waals surface area contributed by atoms with E-state index < -0.39 is 0 Å². The van der Waals surface area contributed by atoms with E-state index in [0.717, 1.165) is 30.8 Å². The topological polar surface area (TPSA) is 35.2 Å². The van der Waals surface area contributed by atoms with Crippen molar-refractivity contribution in [2.75, 3.05) is 39.8 Å². The van der Waals surface area contributed by atoms with Crippen molar-refractivity contribution in [3.05, 3.63) is 93.8 Å². The zero-order chi connectivity index (χ0) is 22.5. The van der Waals surface area contributed by atoms with E-state index in [0.29, 0.717) is 0 Å². The lowest BCUT2D eigenvalue weighted by atomic mass is 10.1. The standard InChI is InChI=1S/C29H32N4/c1-32-17-19-33(20-18-32)16-15-24-7-5-23(6-8-24)10-13-28-22-29(31-30-28)14-11-25-9-12-26-3-2-4-27(26)21-25/h2-3,5-14,21-22H,4,15-20H2,1H3,(H,30,31)/b13-10+,14-11+. The average molecular weight is 437 g/mol. The molecule has 2 heterocycles. The number of hydrogen-bond donors (Lipinski definition) is 1. The summed E-state index contributed by atoms with van der Waals surface area (Å²) in [5.74, 6) is 0. The van der Waals surface area contributed by atoms with Gasteiger partial charge in [0, 0.05) is 32.7 Å². The van der Waals surface area contributed by atoms with Crippen LogP contribution in [0.15, 0.2) is 54.6 Å². The van der Waals surface area contributed by atoms with Gasteiger partial charge in [0.2, 0.25) is 0 Å². The third-order valence-corrected chi connectivity index (χ3v) is 6.61. The Kier molecular flexibility index (Phi) is 6.66. The smallest absolute Gasteiger partial charge is 0.0854 e. The van der Waals surface area contributed by atoms with E-state index in [-0.39, 0.29) is 0 Å². The summed E-state index contributed by atoms with van der Waals surface area (Å²) < 4.78 is 0. The largest absolute Gasteiger partial charge is 0.304 e. The van der Waals surface area contributed by atoms with Crippen molar-refractivity contribution < 1.29 is 0 Å². The molecule has 1 saturated heterocycles. The van der Waals surface area contributed by atoms with E-state index in [1.54, 1.807) is 0 Å². The number of hydrogen-bond acceptors (Lipinski definition) is 3. The number of benzene rings is 2. The highest BCUT2D eigenvalue weighted by molar-refractivity contribution is 5.73. The Labute approximate surface area is 196 Å². The molecule has 4 nitrogen and oxygen atoms in total. The van der Waals surface area contributed by atoms with Crippen LogP contribution in [0.4, 0.5) is 0 Å². The molecule has 4 heteroatoms. The highest BCUT2D eigenvalue weighted by atomic mass is 15.2. The molecule has 1 fully saturated rings. The SMILES string of the molecule is CN1CCN(CCc2ccc(/C=C/c3cc(/C=C/c4ccc5c(c4)CC=C5)n[nH]3)cc2)CC1. The maximum Gasteiger partial charge on any atom is 0.0854 e. The first-order valence-corrected chi connectivity index (χ1v) is 11.9. The molecule has 1 aromatic heterocycles. The van der Waals surface area contributed by atoms with Crippen LogP contribution in [-0.2, 0) is 12.8 Å². The molecule has 0 saturated carbocycles. The quantitative estimate of drug-likeness (QED) is 0.559. The molecule has 1 N–H and O–H groups in total. The van der Waals surface area contributed by atoms with Crippen LogP contribution < -0.4 is 0 Å². The average Bonchev–Trinajstić information content (AvgIpc) is 3.51. The first kappa shape index (κ1) is 21.6. The maximum absolute atomic E-state index is 4.42. The van der Waals surface area contributed by atoms with E-state index in [1.165, 1.54) is 54.0 Å². The summed E-state index contributed by atoms with van der Waals surface area (Å²) in [7, 11) is 2.21. The van der Waals surface area contributed by atoms with Crippen molar-refractivity contribution in [1.82, 2.24) is 20.0 Å². The Balaban J connectivity index is 1.13. The van der Waals surface area contributed by atoms with Crippen molar-refractivity contribution in [3.63, 3.8) is 0 Å². The Hall–Kier alpha value is -3.21. The summed E-state index contributed by atoms with van der Waals surface area (Å²) in [5, 5.41) is 7.54. The fourth-order valence-electron chi connectivity index (χ4n) is 4.43. The van der Waals surface area contributed by atoms with Gasteiger partial charge in [0.25, 0.3) is 0 Å². The number of piperazine rings is 1. The summed E-state index contributed by atoms with van der Waals surface area (Å²) in [6.07, 6.45) is 15.0. The van der Waals surface area contributed by atoms with Crippen LogP contribution in [0.25, 0.3) is 30.4 Å². The van der Waals surface area contributed by atoms with E-state index in [4.69, 9.17) is 0 Å². The minimum Gasteiger partial charge on any atom is -0.304 e. The van der Waals surface area contributed by atoms with Crippen molar-refractivity contribution >= 4 is 30.4 Å². The summed E-state index contributed by atoms with van der Waals surface area (Å²) >= 11 is 0. The molecule has 2 aliphatic rings. The van der Waals surface area contributed by atoms with Crippen molar-refractivity contribution in [3.8, 4) is 0 Å². The van der Waals surface area contributed by atoms with Gasteiger partial charge < -0.3 is 9.80 Å². The zero-order valence-corrected chi connectivity index (χ0v) is 19.4. The van der Waals surface area contributed by atoms with Crippen LogP contribution in [-0.4, -0.2) is 59.8 Å². The maximum atomic E-state index is 4.42.